The fourth-order valence-electron chi connectivity index (χ4n) is 8.04. The van der Waals surface area contributed by atoms with Crippen LogP contribution >= 0.6 is 23.2 Å². The van der Waals surface area contributed by atoms with Crippen LogP contribution in [0.1, 0.15) is 37.1 Å². The van der Waals surface area contributed by atoms with Gasteiger partial charge in [-0.2, -0.15) is 0 Å². The van der Waals surface area contributed by atoms with Crippen molar-refractivity contribution in [3.05, 3.63) is 118 Å². The molecule has 0 radical (unpaired) electrons. The van der Waals surface area contributed by atoms with Crippen molar-refractivity contribution in [2.45, 2.75) is 38.0 Å². The number of hydrazine groups is 1. The summed E-state index contributed by atoms with van der Waals surface area (Å²) in [5, 5.41) is 4.64. The second-order valence-electron chi connectivity index (χ2n) is 12.6. The van der Waals surface area contributed by atoms with E-state index in [1.807, 2.05) is 23.9 Å². The third-order valence-electron chi connectivity index (χ3n) is 9.96. The highest BCUT2D eigenvalue weighted by atomic mass is 35.5. The third kappa shape index (κ3) is 4.92. The fraction of sp³-hybridized carbons (Fsp3) is 0.263. The van der Waals surface area contributed by atoms with Crippen molar-refractivity contribution in [1.82, 2.24) is 10.0 Å². The number of carbonyl (C=O) groups is 4. The highest BCUT2D eigenvalue weighted by Gasteiger charge is 2.73. The predicted molar refractivity (Wildman–Crippen MR) is 187 cm³/mol. The van der Waals surface area contributed by atoms with Gasteiger partial charge in [-0.3, -0.25) is 19.2 Å². The molecule has 0 bridgehead atoms. The van der Waals surface area contributed by atoms with E-state index < -0.39 is 59.6 Å². The highest BCUT2D eigenvalue weighted by molar-refractivity contribution is 6.31. The highest BCUT2D eigenvalue weighted by Crippen LogP contribution is 2.60. The summed E-state index contributed by atoms with van der Waals surface area (Å²) < 4.78 is 11.2. The van der Waals surface area contributed by atoms with Crippen LogP contribution in [-0.4, -0.2) is 58.9 Å². The first-order chi connectivity index (χ1) is 24.2. The van der Waals surface area contributed by atoms with Gasteiger partial charge >= 0.3 is 0 Å². The minimum absolute atomic E-state index is 0.398. The summed E-state index contributed by atoms with van der Waals surface area (Å²) in [6, 6.07) is 24.2. The van der Waals surface area contributed by atoms with Gasteiger partial charge in [0.15, 0.2) is 0 Å². The lowest BCUT2D eigenvalue weighted by atomic mass is 9.84. The first-order valence-electron chi connectivity index (χ1n) is 16.5. The first-order valence-corrected chi connectivity index (χ1v) is 17.3. The number of anilines is 2. The van der Waals surface area contributed by atoms with Gasteiger partial charge in [0, 0.05) is 10.0 Å². The number of amides is 4. The van der Waals surface area contributed by atoms with Gasteiger partial charge in [-0.1, -0.05) is 47.5 Å². The van der Waals surface area contributed by atoms with Gasteiger partial charge in [-0.05, 0) is 97.8 Å². The van der Waals surface area contributed by atoms with E-state index >= 15 is 0 Å². The molecule has 4 aromatic rings. The molecule has 4 heterocycles. The lowest BCUT2D eigenvalue weighted by molar-refractivity contribution is -0.136. The van der Waals surface area contributed by atoms with Crippen LogP contribution < -0.4 is 19.3 Å². The Morgan fingerprint density at radius 3 is 1.14 bits per heavy atom. The molecule has 4 aliphatic rings. The van der Waals surface area contributed by atoms with E-state index in [2.05, 4.69) is 0 Å². The zero-order valence-electron chi connectivity index (χ0n) is 27.1. The normalized spacial score (nSPS) is 26.1. The number of hydrogen-bond acceptors (Lipinski definition) is 8. The van der Waals surface area contributed by atoms with Crippen LogP contribution in [0.15, 0.2) is 97.1 Å². The zero-order chi connectivity index (χ0) is 34.8. The molecule has 6 atom stereocenters. The quantitative estimate of drug-likeness (QED) is 0.198. The van der Waals surface area contributed by atoms with Crippen LogP contribution in [0.5, 0.6) is 11.5 Å². The average molecular weight is 712 g/mol. The molecule has 0 saturated carbocycles. The largest absolute Gasteiger partial charge is 0.494 e. The molecule has 10 nitrogen and oxygen atoms in total. The third-order valence-corrected chi connectivity index (χ3v) is 10.5. The minimum Gasteiger partial charge on any atom is -0.494 e. The van der Waals surface area contributed by atoms with Gasteiger partial charge in [-0.25, -0.2) is 19.8 Å². The van der Waals surface area contributed by atoms with E-state index in [4.69, 9.17) is 32.7 Å². The number of imide groups is 2. The van der Waals surface area contributed by atoms with Gasteiger partial charge in [0.2, 0.25) is 11.8 Å². The predicted octanol–water partition coefficient (Wildman–Crippen LogP) is 6.24. The Balaban J connectivity index is 1.28. The number of halogens is 2. The van der Waals surface area contributed by atoms with Gasteiger partial charge in [-0.15, -0.1) is 0 Å². The van der Waals surface area contributed by atoms with E-state index in [1.54, 1.807) is 97.1 Å². The van der Waals surface area contributed by atoms with Crippen LogP contribution in [0.3, 0.4) is 0 Å². The topological polar surface area (TPSA) is 99.7 Å². The van der Waals surface area contributed by atoms with Gasteiger partial charge in [0.1, 0.15) is 23.6 Å². The molecule has 4 amide bonds. The molecular formula is C38H32Cl2N4O6. The minimum atomic E-state index is -0.999. The van der Waals surface area contributed by atoms with E-state index in [-0.39, 0.29) is 0 Å². The van der Waals surface area contributed by atoms with Crippen molar-refractivity contribution in [2.24, 2.45) is 11.8 Å². The Bertz CT molecular complexity index is 1840. The summed E-state index contributed by atoms with van der Waals surface area (Å²) >= 11 is 12.6. The Morgan fingerprint density at radius 1 is 0.480 bits per heavy atom. The zero-order valence-corrected chi connectivity index (χ0v) is 28.6. The van der Waals surface area contributed by atoms with Crippen LogP contribution in [-0.2, 0) is 19.2 Å². The molecule has 0 N–H and O–H groups in total. The molecule has 4 aliphatic heterocycles. The average Bonchev–Trinajstić information content (AvgIpc) is 3.78. The molecule has 0 aliphatic carbocycles. The molecule has 0 aromatic heterocycles. The number of carbonyl (C=O) groups excluding carboxylic acids is 4. The lowest BCUT2D eigenvalue weighted by Gasteiger charge is -2.35. The molecule has 4 aromatic carbocycles. The summed E-state index contributed by atoms with van der Waals surface area (Å²) in [6.45, 7) is 4.70. The Morgan fingerprint density at radius 2 is 0.820 bits per heavy atom. The monoisotopic (exact) mass is 710 g/mol. The van der Waals surface area contributed by atoms with E-state index in [1.165, 1.54) is 9.80 Å². The molecule has 4 fully saturated rings. The molecular weight excluding hydrogens is 679 g/mol. The van der Waals surface area contributed by atoms with Crippen molar-refractivity contribution in [1.29, 1.82) is 0 Å². The Labute approximate surface area is 298 Å². The van der Waals surface area contributed by atoms with Gasteiger partial charge in [0.05, 0.1) is 48.5 Å². The fourth-order valence-corrected chi connectivity index (χ4v) is 8.29. The summed E-state index contributed by atoms with van der Waals surface area (Å²) in [4.78, 5) is 60.9. The van der Waals surface area contributed by atoms with E-state index in [0.29, 0.717) is 57.3 Å². The smallest absolute Gasteiger partial charge is 0.253 e. The Hall–Kier alpha value is -4.74. The molecule has 8 rings (SSSR count). The number of benzene rings is 4. The van der Waals surface area contributed by atoms with Gasteiger partial charge in [0.25, 0.3) is 11.8 Å². The first kappa shape index (κ1) is 32.5. The summed E-state index contributed by atoms with van der Waals surface area (Å²) in [5.41, 5.74) is 2.21. The molecule has 50 heavy (non-hydrogen) atoms. The molecule has 4 saturated heterocycles. The number of fused-ring (bicyclic) bond motifs is 5. The maximum atomic E-state index is 14.6. The van der Waals surface area contributed by atoms with Gasteiger partial charge < -0.3 is 9.47 Å². The standard InChI is InChI=1S/C38H32Cl2N4O6/c1-3-49-27-17-13-25(14-18-27)41-35(45)29-31(21-5-9-23(39)10-6-21)44-34-30(32(43(44)33(29)37(41)47)22-7-11-24(40)12-8-22)36(46)42(38(34)48)26-15-19-28(20-16-26)50-4-2/h5-20,29-34H,3-4H2,1-2H3/t29-,30-,31-,32+,33+,34-/m0/s1. The Kier molecular flexibility index (Phi) is 8.14. The SMILES string of the molecule is CCOc1ccc(N2C(=O)[C@@H]3[C@@H](C2=O)N2[C@@H](c4ccc(Cl)cc4)[C@@H]4C(=O)N(c5ccc(OCC)cc5)C(=O)[C@@H]4N2[C@@H]3c2ccc(Cl)cc2)cc1. The number of hydrogen-bond donors (Lipinski definition) is 0. The number of rotatable bonds is 8. The van der Waals surface area contributed by atoms with Crippen molar-refractivity contribution in [3.8, 4) is 11.5 Å². The van der Waals surface area contributed by atoms with Crippen molar-refractivity contribution in [3.63, 3.8) is 0 Å². The van der Waals surface area contributed by atoms with Crippen LogP contribution in [0, 0.1) is 11.8 Å². The molecule has 0 unspecified atom stereocenters. The second kappa shape index (κ2) is 12.5. The molecule has 12 heteroatoms. The number of nitrogens with zero attached hydrogens (tertiary/aromatic N) is 4. The van der Waals surface area contributed by atoms with E-state index in [9.17, 15) is 19.2 Å². The van der Waals surface area contributed by atoms with E-state index in [0.717, 1.165) is 0 Å². The maximum Gasteiger partial charge on any atom is 0.253 e. The molecule has 254 valence electrons. The number of ether oxygens (including phenoxy) is 2. The van der Waals surface area contributed by atoms with Crippen LogP contribution in [0.4, 0.5) is 11.4 Å². The van der Waals surface area contributed by atoms with Crippen LogP contribution in [0.2, 0.25) is 10.0 Å². The maximum absolute atomic E-state index is 14.6. The molecule has 0 spiro atoms. The van der Waals surface area contributed by atoms with Crippen molar-refractivity contribution < 1.29 is 28.7 Å². The summed E-state index contributed by atoms with van der Waals surface area (Å²) in [5.74, 6) is -2.23. The van der Waals surface area contributed by atoms with Crippen molar-refractivity contribution >= 4 is 58.2 Å². The summed E-state index contributed by atoms with van der Waals surface area (Å²) in [7, 11) is 0. The van der Waals surface area contributed by atoms with Crippen molar-refractivity contribution in [2.75, 3.05) is 23.0 Å². The summed E-state index contributed by atoms with van der Waals surface area (Å²) in [6.07, 6.45) is 0. The van der Waals surface area contributed by atoms with Crippen LogP contribution in [0.25, 0.3) is 0 Å². The second-order valence-corrected chi connectivity index (χ2v) is 13.4. The lowest BCUT2D eigenvalue weighted by Crippen LogP contribution is -2.50.